The van der Waals surface area contributed by atoms with Crippen LogP contribution < -0.4 is 4.90 Å². The van der Waals surface area contributed by atoms with Gasteiger partial charge in [-0.05, 0) is 42.5 Å². The minimum atomic E-state index is -0.245. The zero-order valence-corrected chi connectivity index (χ0v) is 19.8. The van der Waals surface area contributed by atoms with Gasteiger partial charge in [0.2, 0.25) is 0 Å². The zero-order chi connectivity index (χ0) is 22.9. The van der Waals surface area contributed by atoms with Gasteiger partial charge in [0, 0.05) is 63.0 Å². The Balaban J connectivity index is 1.10. The second-order valence-electron chi connectivity index (χ2n) is 9.72. The van der Waals surface area contributed by atoms with Crippen LogP contribution in [0.3, 0.4) is 0 Å². The molecule has 1 atom stereocenters. The fourth-order valence-corrected chi connectivity index (χ4v) is 5.36. The van der Waals surface area contributed by atoms with Crippen LogP contribution in [-0.2, 0) is 11.2 Å². The quantitative estimate of drug-likeness (QED) is 0.352. The van der Waals surface area contributed by atoms with E-state index in [0.29, 0.717) is 37.1 Å². The summed E-state index contributed by atoms with van der Waals surface area (Å²) in [6.45, 7) is 3.42. The number of ketones is 1. The van der Waals surface area contributed by atoms with E-state index in [1.54, 1.807) is 6.20 Å². The number of alkyl halides is 1. The third-order valence-corrected chi connectivity index (χ3v) is 7.31. The van der Waals surface area contributed by atoms with Crippen molar-refractivity contribution in [1.82, 2.24) is 9.88 Å². The Morgan fingerprint density at radius 2 is 1.79 bits per heavy atom. The van der Waals surface area contributed by atoms with E-state index < -0.39 is 0 Å². The van der Waals surface area contributed by atoms with Gasteiger partial charge < -0.3 is 4.90 Å². The number of carbonyl (C=O) groups is 1. The van der Waals surface area contributed by atoms with Crippen LogP contribution in [0.25, 0.3) is 0 Å². The van der Waals surface area contributed by atoms with Crippen LogP contribution in [0, 0.1) is 0 Å². The smallest absolute Gasteiger partial charge is 0.133 e. The molecule has 0 amide bonds. The first kappa shape index (κ1) is 23.9. The van der Waals surface area contributed by atoms with Crippen molar-refractivity contribution in [3.63, 3.8) is 0 Å². The average Bonchev–Trinajstić information content (AvgIpc) is 3.18. The third-order valence-electron chi connectivity index (χ3n) is 7.31. The molecule has 1 fully saturated rings. The lowest BCUT2D eigenvalue weighted by atomic mass is 9.94. The number of unbranched alkanes of at least 4 members (excludes halogenated alkanes) is 4. The average molecular weight is 452 g/mol. The minimum Gasteiger partial charge on any atom is -0.365 e. The number of benzene rings is 1. The number of hydrogen-bond acceptors (Lipinski definition) is 4. The van der Waals surface area contributed by atoms with Crippen molar-refractivity contribution < 1.29 is 9.18 Å². The molecular formula is C28H38FN3O. The fourth-order valence-electron chi connectivity index (χ4n) is 5.36. The molecule has 0 spiro atoms. The topological polar surface area (TPSA) is 36.4 Å². The maximum atomic E-state index is 12.6. The number of pyridine rings is 1. The van der Waals surface area contributed by atoms with Gasteiger partial charge in [-0.25, -0.2) is 4.39 Å². The molecule has 1 unspecified atom stereocenters. The van der Waals surface area contributed by atoms with Gasteiger partial charge in [0.05, 0.1) is 6.04 Å². The normalized spacial score (nSPS) is 18.3. The highest BCUT2D eigenvalue weighted by atomic mass is 19.1. The van der Waals surface area contributed by atoms with E-state index in [4.69, 9.17) is 0 Å². The van der Waals surface area contributed by atoms with Crippen LogP contribution in [0.15, 0.2) is 48.8 Å². The SMILES string of the molecule is O=C(CCCCCCCC1CN(C2CN(CCF)C2)c2ccccc21)CCc1cccnc1. The molecular weight excluding hydrogens is 413 g/mol. The largest absolute Gasteiger partial charge is 0.365 e. The van der Waals surface area contributed by atoms with Crippen molar-refractivity contribution >= 4 is 11.5 Å². The molecule has 1 aromatic heterocycles. The number of likely N-dealkylation sites (tertiary alicyclic amines) is 1. The maximum absolute atomic E-state index is 12.6. The lowest BCUT2D eigenvalue weighted by Crippen LogP contribution is -2.59. The molecule has 2 aliphatic rings. The monoisotopic (exact) mass is 451 g/mol. The van der Waals surface area contributed by atoms with E-state index in [9.17, 15) is 9.18 Å². The van der Waals surface area contributed by atoms with Crippen LogP contribution in [-0.4, -0.2) is 54.6 Å². The van der Waals surface area contributed by atoms with E-state index in [0.717, 1.165) is 44.5 Å². The third kappa shape index (κ3) is 6.63. The molecule has 0 radical (unpaired) electrons. The van der Waals surface area contributed by atoms with Gasteiger partial charge in [-0.1, -0.05) is 49.9 Å². The summed E-state index contributed by atoms with van der Waals surface area (Å²) < 4.78 is 12.6. The van der Waals surface area contributed by atoms with Crippen molar-refractivity contribution in [3.8, 4) is 0 Å². The Labute approximate surface area is 198 Å². The molecule has 5 heteroatoms. The van der Waals surface area contributed by atoms with E-state index in [2.05, 4.69) is 39.0 Å². The number of aryl methyl sites for hydroxylation is 1. The molecule has 4 rings (SSSR count). The molecule has 0 bridgehead atoms. The zero-order valence-electron chi connectivity index (χ0n) is 19.8. The van der Waals surface area contributed by atoms with Gasteiger partial charge in [-0.3, -0.25) is 14.7 Å². The summed E-state index contributed by atoms with van der Waals surface area (Å²) in [5, 5.41) is 0. The lowest BCUT2D eigenvalue weighted by molar-refractivity contribution is -0.119. The van der Waals surface area contributed by atoms with Crippen molar-refractivity contribution in [3.05, 3.63) is 59.9 Å². The van der Waals surface area contributed by atoms with Gasteiger partial charge >= 0.3 is 0 Å². The molecule has 0 aliphatic carbocycles. The van der Waals surface area contributed by atoms with E-state index in [1.165, 1.54) is 36.9 Å². The van der Waals surface area contributed by atoms with Crippen LogP contribution in [0.1, 0.15) is 68.4 Å². The first-order chi connectivity index (χ1) is 16.2. The molecule has 33 heavy (non-hydrogen) atoms. The van der Waals surface area contributed by atoms with Gasteiger partial charge in [0.1, 0.15) is 12.5 Å². The van der Waals surface area contributed by atoms with Crippen LogP contribution in [0.4, 0.5) is 10.1 Å². The number of anilines is 1. The Kier molecular flexibility index (Phi) is 8.87. The van der Waals surface area contributed by atoms with E-state index in [-0.39, 0.29) is 6.67 Å². The van der Waals surface area contributed by atoms with Crippen molar-refractivity contribution in [2.75, 3.05) is 37.8 Å². The minimum absolute atomic E-state index is 0.245. The molecule has 3 heterocycles. The predicted molar refractivity (Wildman–Crippen MR) is 133 cm³/mol. The number of rotatable bonds is 14. The first-order valence-corrected chi connectivity index (χ1v) is 12.8. The van der Waals surface area contributed by atoms with Gasteiger partial charge in [0.25, 0.3) is 0 Å². The number of hydrogen-bond donors (Lipinski definition) is 0. The second-order valence-corrected chi connectivity index (χ2v) is 9.72. The number of nitrogens with zero attached hydrogens (tertiary/aromatic N) is 3. The van der Waals surface area contributed by atoms with Crippen LogP contribution in [0.5, 0.6) is 0 Å². The number of fused-ring (bicyclic) bond motifs is 1. The molecule has 4 nitrogen and oxygen atoms in total. The van der Waals surface area contributed by atoms with Gasteiger partial charge in [0.15, 0.2) is 0 Å². The summed E-state index contributed by atoms with van der Waals surface area (Å²) in [6, 6.07) is 13.4. The maximum Gasteiger partial charge on any atom is 0.133 e. The summed E-state index contributed by atoms with van der Waals surface area (Å²) >= 11 is 0. The Bertz CT molecular complexity index is 868. The number of aromatic nitrogens is 1. The van der Waals surface area contributed by atoms with Gasteiger partial charge in [-0.2, -0.15) is 0 Å². The Hall–Kier alpha value is -2.27. The molecule has 0 N–H and O–H groups in total. The van der Waals surface area contributed by atoms with E-state index in [1.807, 2.05) is 18.3 Å². The molecule has 2 aromatic rings. The van der Waals surface area contributed by atoms with Crippen LogP contribution >= 0.6 is 0 Å². The van der Waals surface area contributed by atoms with Crippen molar-refractivity contribution in [2.45, 2.75) is 69.7 Å². The summed E-state index contributed by atoms with van der Waals surface area (Å²) in [4.78, 5) is 21.0. The highest BCUT2D eigenvalue weighted by Crippen LogP contribution is 2.41. The summed E-state index contributed by atoms with van der Waals surface area (Å²) in [7, 11) is 0. The Morgan fingerprint density at radius 3 is 2.61 bits per heavy atom. The molecule has 0 saturated carbocycles. The summed E-state index contributed by atoms with van der Waals surface area (Å²) in [5.41, 5.74) is 4.05. The highest BCUT2D eigenvalue weighted by molar-refractivity contribution is 5.78. The highest BCUT2D eigenvalue weighted by Gasteiger charge is 2.37. The molecule has 178 valence electrons. The number of Topliss-reactive ketones (excluding diaryl/α,β-unsaturated/α-hetero) is 1. The van der Waals surface area contributed by atoms with Crippen molar-refractivity contribution in [1.29, 1.82) is 0 Å². The lowest BCUT2D eigenvalue weighted by Gasteiger charge is -2.45. The number of para-hydroxylation sites is 1. The Morgan fingerprint density at radius 1 is 0.970 bits per heavy atom. The first-order valence-electron chi connectivity index (χ1n) is 12.8. The molecule has 1 aromatic carbocycles. The number of halogens is 1. The predicted octanol–water partition coefficient (Wildman–Crippen LogP) is 5.57. The van der Waals surface area contributed by atoms with Crippen LogP contribution in [0.2, 0.25) is 0 Å². The fraction of sp³-hybridized carbons (Fsp3) is 0.571. The van der Waals surface area contributed by atoms with Crippen molar-refractivity contribution in [2.24, 2.45) is 0 Å². The summed E-state index contributed by atoms with van der Waals surface area (Å²) in [5.74, 6) is 0.994. The molecule has 1 saturated heterocycles. The van der Waals surface area contributed by atoms with E-state index >= 15 is 0 Å². The second kappa shape index (κ2) is 12.3. The molecule has 2 aliphatic heterocycles. The number of carbonyl (C=O) groups excluding carboxylic acids is 1. The summed E-state index contributed by atoms with van der Waals surface area (Å²) in [6.07, 6.45) is 12.9. The van der Waals surface area contributed by atoms with Gasteiger partial charge in [-0.15, -0.1) is 0 Å². The standard InChI is InChI=1S/C28H38FN3O/c29-16-18-31-21-25(22-31)32-20-24(27-12-6-7-13-28(27)32)10-4-2-1-3-5-11-26(33)15-14-23-9-8-17-30-19-23/h6-9,12-13,17,19,24-25H,1-5,10-11,14-16,18,20-22H2.